The molecule has 8 nitrogen and oxygen atoms in total. The van der Waals surface area contributed by atoms with Gasteiger partial charge in [-0.1, -0.05) is 62.2 Å². The minimum absolute atomic E-state index is 0.0614. The quantitative estimate of drug-likeness (QED) is 0.239. The third-order valence-corrected chi connectivity index (χ3v) is 10.5. The lowest BCUT2D eigenvalue weighted by Crippen LogP contribution is -2.49. The zero-order valence-electron chi connectivity index (χ0n) is 24.6. The molecular weight excluding hydrogens is 617 g/mol. The predicted octanol–water partition coefficient (Wildman–Crippen LogP) is 6.90. The number of benzene rings is 2. The minimum atomic E-state index is -4.66. The molecule has 3 aliphatic rings. The fourth-order valence-corrected chi connectivity index (χ4v) is 8.60. The van der Waals surface area contributed by atoms with Crippen molar-refractivity contribution in [1.29, 1.82) is 0 Å². The van der Waals surface area contributed by atoms with Gasteiger partial charge < -0.3 is 20.4 Å². The van der Waals surface area contributed by atoms with Crippen LogP contribution in [0.1, 0.15) is 83.3 Å². The fraction of sp³-hybridized carbons (Fsp3) is 0.548. The lowest BCUT2D eigenvalue weighted by molar-refractivity contribution is -0.123. The largest absolute Gasteiger partial charge is 0.470 e. The molecule has 5 rings (SSSR count). The van der Waals surface area contributed by atoms with E-state index in [-0.39, 0.29) is 40.0 Å². The van der Waals surface area contributed by atoms with Crippen LogP contribution in [0.4, 0.5) is 10.1 Å². The number of rotatable bonds is 7. The molecule has 0 bridgehead atoms. The minimum Gasteiger partial charge on any atom is -0.325 e. The lowest BCUT2D eigenvalue weighted by atomic mass is 9.62. The van der Waals surface area contributed by atoms with Crippen molar-refractivity contribution < 1.29 is 32.9 Å². The van der Waals surface area contributed by atoms with Crippen molar-refractivity contribution in [3.8, 4) is 0 Å². The van der Waals surface area contributed by atoms with Crippen LogP contribution in [-0.2, 0) is 24.1 Å². The highest BCUT2D eigenvalue weighted by Crippen LogP contribution is 2.57. The van der Waals surface area contributed by atoms with Crippen LogP contribution in [-0.4, -0.2) is 39.2 Å². The molecule has 2 aromatic carbocycles. The van der Waals surface area contributed by atoms with Crippen LogP contribution in [0.5, 0.6) is 0 Å². The number of nitrogens with one attached hydrogen (secondary N) is 2. The summed E-state index contributed by atoms with van der Waals surface area (Å²) in [6.07, 6.45) is 2.51. The van der Waals surface area contributed by atoms with Crippen LogP contribution in [0.3, 0.4) is 0 Å². The third-order valence-electron chi connectivity index (χ3n) is 9.28. The van der Waals surface area contributed by atoms with Gasteiger partial charge in [0.1, 0.15) is 11.2 Å². The van der Waals surface area contributed by atoms with Crippen LogP contribution < -0.4 is 10.6 Å². The van der Waals surface area contributed by atoms with Gasteiger partial charge in [0.15, 0.2) is 5.78 Å². The molecule has 12 heteroatoms. The molecule has 2 fully saturated rings. The van der Waals surface area contributed by atoms with Crippen molar-refractivity contribution in [3.63, 3.8) is 0 Å². The third kappa shape index (κ3) is 6.32. The van der Waals surface area contributed by atoms with E-state index in [0.29, 0.717) is 48.4 Å². The summed E-state index contributed by atoms with van der Waals surface area (Å²) in [4.78, 5) is 47.2. The van der Waals surface area contributed by atoms with Gasteiger partial charge in [0.2, 0.25) is 5.91 Å². The summed E-state index contributed by atoms with van der Waals surface area (Å²) in [5, 5.41) is 6.85. The van der Waals surface area contributed by atoms with Gasteiger partial charge in [-0.2, -0.15) is 0 Å². The first kappa shape index (κ1) is 32.6. The Bertz CT molecular complexity index is 1490. The van der Waals surface area contributed by atoms with Crippen LogP contribution >= 0.6 is 31.0 Å². The number of amides is 1. The van der Waals surface area contributed by atoms with E-state index in [0.717, 1.165) is 0 Å². The van der Waals surface area contributed by atoms with Crippen molar-refractivity contribution in [2.45, 2.75) is 95.2 Å². The molecule has 1 saturated heterocycles. The van der Waals surface area contributed by atoms with Crippen molar-refractivity contribution >= 4 is 48.4 Å². The fourth-order valence-electron chi connectivity index (χ4n) is 7.49. The van der Waals surface area contributed by atoms with Crippen LogP contribution in [0.2, 0.25) is 10.0 Å². The summed E-state index contributed by atoms with van der Waals surface area (Å²) in [5.74, 6) is -2.11. The number of fused-ring (bicyclic) bond motifs is 2. The molecule has 1 spiro atoms. The summed E-state index contributed by atoms with van der Waals surface area (Å²) in [5.41, 5.74) is -1.16. The second-order valence-electron chi connectivity index (χ2n) is 13.7. The average Bonchev–Trinajstić information content (AvgIpc) is 3.35. The molecule has 43 heavy (non-hydrogen) atoms. The highest BCUT2D eigenvalue weighted by atomic mass is 35.5. The second kappa shape index (κ2) is 11.5. The molecule has 0 unspecified atom stereocenters. The highest BCUT2D eigenvalue weighted by molar-refractivity contribution is 7.46. The molecule has 4 N–H and O–H groups in total. The Kier molecular flexibility index (Phi) is 8.71. The number of Topliss-reactive ketones (excluding diaryl/α,β-unsaturated/α-hetero) is 1. The van der Waals surface area contributed by atoms with Gasteiger partial charge in [0.25, 0.3) is 0 Å². The van der Waals surface area contributed by atoms with Crippen LogP contribution in [0, 0.1) is 17.2 Å². The standard InChI is InChI=1S/C31H38Cl2FN2O6P/c1-29(2,3)16-24-31(20-9-8-18(32)15-22(20)35-28(31)38)25(19-6-5-7-21(33)26(19)34)27(36-24)23(37)14-17-10-12-30(4,13-11-17)42-43(39,40)41/h5-9,15,17,24-25,27,36H,10-14,16H2,1-4H3,(H,35,38)(H2,39,40,41)/t17?,24-,25+,27+,30?,31+/m1/s1. The summed E-state index contributed by atoms with van der Waals surface area (Å²) in [6.45, 7) is 7.84. The Labute approximate surface area is 261 Å². The Morgan fingerprint density at radius 2 is 1.84 bits per heavy atom. The van der Waals surface area contributed by atoms with Gasteiger partial charge in [0, 0.05) is 29.1 Å². The molecule has 4 atom stereocenters. The number of ketones is 1. The first-order valence-electron chi connectivity index (χ1n) is 14.5. The number of halogens is 3. The maximum absolute atomic E-state index is 15.9. The van der Waals surface area contributed by atoms with E-state index < -0.39 is 42.7 Å². The summed E-state index contributed by atoms with van der Waals surface area (Å²) in [6, 6.07) is 8.43. The van der Waals surface area contributed by atoms with Gasteiger partial charge >= 0.3 is 7.82 Å². The Morgan fingerprint density at radius 3 is 2.47 bits per heavy atom. The van der Waals surface area contributed by atoms with Crippen molar-refractivity contribution in [2.24, 2.45) is 11.3 Å². The van der Waals surface area contributed by atoms with Gasteiger partial charge in [-0.05, 0) is 79.7 Å². The van der Waals surface area contributed by atoms with Crippen LogP contribution in [0.25, 0.3) is 0 Å². The second-order valence-corrected chi connectivity index (χ2v) is 15.7. The zero-order chi connectivity index (χ0) is 31.5. The summed E-state index contributed by atoms with van der Waals surface area (Å²) in [7, 11) is -4.66. The Morgan fingerprint density at radius 1 is 1.16 bits per heavy atom. The highest BCUT2D eigenvalue weighted by Gasteiger charge is 2.66. The molecule has 1 saturated carbocycles. The number of carbonyl (C=O) groups excluding carboxylic acids is 2. The SMILES string of the molecule is CC(C)(C)C[C@H]1N[C@@H](C(=O)CC2CCC(C)(OP(=O)(O)O)CC2)[C@H](c2cccc(Cl)c2F)[C@@]12C(=O)Nc1cc(Cl)ccc12. The van der Waals surface area contributed by atoms with E-state index in [1.54, 1.807) is 37.3 Å². The maximum Gasteiger partial charge on any atom is 0.470 e. The topological polar surface area (TPSA) is 125 Å². The molecule has 0 aromatic heterocycles. The molecule has 2 aliphatic heterocycles. The summed E-state index contributed by atoms with van der Waals surface area (Å²) >= 11 is 12.6. The number of phosphoric ester groups is 1. The van der Waals surface area contributed by atoms with Gasteiger partial charge in [-0.25, -0.2) is 8.96 Å². The molecule has 1 aliphatic carbocycles. The maximum atomic E-state index is 15.9. The summed E-state index contributed by atoms with van der Waals surface area (Å²) < 4.78 is 32.5. The Hall–Kier alpha value is -1.84. The Balaban J connectivity index is 1.56. The predicted molar refractivity (Wildman–Crippen MR) is 164 cm³/mol. The van der Waals surface area contributed by atoms with Gasteiger partial charge in [0.05, 0.1) is 16.7 Å². The molecule has 1 amide bonds. The smallest absolute Gasteiger partial charge is 0.325 e. The molecule has 2 heterocycles. The van der Waals surface area contributed by atoms with Crippen molar-refractivity contribution in [2.75, 3.05) is 5.32 Å². The molecule has 234 valence electrons. The van der Waals surface area contributed by atoms with Crippen molar-refractivity contribution in [1.82, 2.24) is 5.32 Å². The van der Waals surface area contributed by atoms with Gasteiger partial charge in [-0.15, -0.1) is 0 Å². The number of phosphoric acid groups is 1. The van der Waals surface area contributed by atoms with E-state index in [2.05, 4.69) is 31.4 Å². The number of hydrogen-bond acceptors (Lipinski definition) is 5. The van der Waals surface area contributed by atoms with Crippen LogP contribution in [0.15, 0.2) is 36.4 Å². The van der Waals surface area contributed by atoms with E-state index in [1.807, 2.05) is 0 Å². The number of carbonyl (C=O) groups is 2. The normalized spacial score (nSPS) is 30.9. The number of anilines is 1. The van der Waals surface area contributed by atoms with E-state index in [4.69, 9.17) is 27.7 Å². The van der Waals surface area contributed by atoms with E-state index in [9.17, 15) is 23.9 Å². The lowest BCUT2D eigenvalue weighted by Gasteiger charge is -2.38. The first-order chi connectivity index (χ1) is 19.9. The first-order valence-corrected chi connectivity index (χ1v) is 16.8. The monoisotopic (exact) mass is 654 g/mol. The van der Waals surface area contributed by atoms with Gasteiger partial charge in [-0.3, -0.25) is 14.1 Å². The average molecular weight is 656 g/mol. The van der Waals surface area contributed by atoms with Crippen molar-refractivity contribution in [3.05, 3.63) is 63.4 Å². The zero-order valence-corrected chi connectivity index (χ0v) is 27.0. The molecule has 0 radical (unpaired) electrons. The molecule has 2 aromatic rings. The van der Waals surface area contributed by atoms with E-state index in [1.165, 1.54) is 6.07 Å². The van der Waals surface area contributed by atoms with E-state index >= 15 is 4.39 Å². The number of hydrogen-bond donors (Lipinski definition) is 4. The molecular formula is C31H38Cl2FN2O6P.